The maximum atomic E-state index is 11.8. The van der Waals surface area contributed by atoms with Crippen LogP contribution in [0.4, 0.5) is 0 Å². The second-order valence-electron chi connectivity index (χ2n) is 4.95. The van der Waals surface area contributed by atoms with Crippen molar-refractivity contribution in [3.05, 3.63) is 34.9 Å². The number of oxime groups is 1. The van der Waals surface area contributed by atoms with Crippen molar-refractivity contribution in [2.24, 2.45) is 10.1 Å². The lowest BCUT2D eigenvalue weighted by atomic mass is 9.95. The number of hydrogen-bond acceptors (Lipinski definition) is 7. The molecule has 0 amide bonds. The fourth-order valence-electron chi connectivity index (χ4n) is 2.08. The average molecular weight is 359 g/mol. The highest BCUT2D eigenvalue weighted by Crippen LogP contribution is 2.28. The van der Waals surface area contributed by atoms with Crippen LogP contribution in [0.1, 0.15) is 24.4 Å². The fraction of sp³-hybridized carbons (Fsp3) is 0.357. The zero-order valence-electron chi connectivity index (χ0n) is 12.5. The molecule has 1 aliphatic heterocycles. The first kappa shape index (κ1) is 17.4. The smallest absolute Gasteiger partial charge is 0.352 e. The summed E-state index contributed by atoms with van der Waals surface area (Å²) in [7, 11) is -2.46. The van der Waals surface area contributed by atoms with Crippen LogP contribution >= 0.6 is 11.6 Å². The van der Waals surface area contributed by atoms with Crippen molar-refractivity contribution in [1.82, 2.24) is 0 Å². The third-order valence-electron chi connectivity index (χ3n) is 3.09. The molecule has 0 bridgehead atoms. The Bertz CT molecular complexity index is 756. The van der Waals surface area contributed by atoms with Gasteiger partial charge in [-0.15, -0.1) is 0 Å². The van der Waals surface area contributed by atoms with Gasteiger partial charge in [-0.25, -0.2) is 4.79 Å². The van der Waals surface area contributed by atoms with Crippen LogP contribution in [-0.2, 0) is 23.9 Å². The van der Waals surface area contributed by atoms with Crippen molar-refractivity contribution in [2.75, 3.05) is 13.4 Å². The SMILES string of the molecule is COC(=O)C1=NC(c2ccc(Cl)cc2)CC(=NOS(C)(=O)=O)C1. The second-order valence-corrected chi connectivity index (χ2v) is 6.95. The molecular formula is C14H15ClN2O5S. The lowest BCUT2D eigenvalue weighted by Gasteiger charge is -2.21. The van der Waals surface area contributed by atoms with E-state index in [1.165, 1.54) is 7.11 Å². The number of methoxy groups -OCH3 is 1. The molecule has 2 rings (SSSR count). The van der Waals surface area contributed by atoms with Crippen molar-refractivity contribution >= 4 is 39.1 Å². The number of rotatable bonds is 4. The highest BCUT2D eigenvalue weighted by atomic mass is 35.5. The second kappa shape index (κ2) is 7.10. The number of esters is 1. The van der Waals surface area contributed by atoms with Crippen molar-refractivity contribution < 1.29 is 22.2 Å². The molecular weight excluding hydrogens is 344 g/mol. The summed E-state index contributed by atoms with van der Waals surface area (Å²) in [5, 5.41) is 4.21. The first-order valence-electron chi connectivity index (χ1n) is 6.63. The van der Waals surface area contributed by atoms with E-state index in [0.29, 0.717) is 17.2 Å². The summed E-state index contributed by atoms with van der Waals surface area (Å²) >= 11 is 5.86. The van der Waals surface area contributed by atoms with Crippen LogP contribution in [0.5, 0.6) is 0 Å². The third kappa shape index (κ3) is 5.04. The summed E-state index contributed by atoms with van der Waals surface area (Å²) < 4.78 is 31.3. The molecule has 9 heteroatoms. The zero-order valence-corrected chi connectivity index (χ0v) is 14.1. The molecule has 1 heterocycles. The summed E-state index contributed by atoms with van der Waals surface area (Å²) in [5.74, 6) is -0.587. The lowest BCUT2D eigenvalue weighted by Crippen LogP contribution is -2.26. The van der Waals surface area contributed by atoms with Gasteiger partial charge in [0.05, 0.1) is 25.1 Å². The largest absolute Gasteiger partial charge is 0.465 e. The van der Waals surface area contributed by atoms with Crippen molar-refractivity contribution in [1.29, 1.82) is 0 Å². The van der Waals surface area contributed by atoms with Gasteiger partial charge in [0.15, 0.2) is 0 Å². The van der Waals surface area contributed by atoms with E-state index in [-0.39, 0.29) is 12.1 Å². The average Bonchev–Trinajstić information content (AvgIpc) is 2.52. The summed E-state index contributed by atoms with van der Waals surface area (Å²) in [6.07, 6.45) is 1.30. The van der Waals surface area contributed by atoms with Gasteiger partial charge in [-0.05, 0) is 17.7 Å². The van der Waals surface area contributed by atoms with Gasteiger partial charge in [-0.2, -0.15) is 8.42 Å². The van der Waals surface area contributed by atoms with Gasteiger partial charge >= 0.3 is 16.1 Å². The number of halogens is 1. The Kier molecular flexibility index (Phi) is 5.38. The summed E-state index contributed by atoms with van der Waals surface area (Å²) in [6, 6.07) is 6.60. The fourth-order valence-corrected chi connectivity index (χ4v) is 2.44. The van der Waals surface area contributed by atoms with E-state index in [4.69, 9.17) is 11.6 Å². The Morgan fingerprint density at radius 2 is 2.00 bits per heavy atom. The molecule has 23 heavy (non-hydrogen) atoms. The molecule has 0 spiro atoms. The highest BCUT2D eigenvalue weighted by Gasteiger charge is 2.26. The van der Waals surface area contributed by atoms with Crippen molar-refractivity contribution in [3.8, 4) is 0 Å². The van der Waals surface area contributed by atoms with Gasteiger partial charge in [0.1, 0.15) is 5.71 Å². The Hall–Kier alpha value is -1.93. The van der Waals surface area contributed by atoms with Gasteiger partial charge in [-0.1, -0.05) is 28.9 Å². The number of aliphatic imine (C=N–C) groups is 1. The molecule has 124 valence electrons. The number of ether oxygens (including phenoxy) is 1. The number of carbonyl (C=O) groups excluding carboxylic acids is 1. The molecule has 1 unspecified atom stereocenters. The van der Waals surface area contributed by atoms with Crippen LogP contribution in [-0.4, -0.2) is 39.2 Å². The van der Waals surface area contributed by atoms with Crippen LogP contribution in [0.15, 0.2) is 34.4 Å². The standard InChI is InChI=1S/C14H15ClN2O5S/c1-21-14(18)13-8-11(17-22-23(2,19)20)7-12(16-13)9-3-5-10(15)6-4-9/h3-6,12H,7-8H2,1-2H3. The molecule has 7 nitrogen and oxygen atoms in total. The summed E-state index contributed by atoms with van der Waals surface area (Å²) in [6.45, 7) is 0. The van der Waals surface area contributed by atoms with Gasteiger partial charge in [0, 0.05) is 17.9 Å². The molecule has 0 aliphatic carbocycles. The van der Waals surface area contributed by atoms with Gasteiger partial charge < -0.3 is 4.74 Å². The predicted molar refractivity (Wildman–Crippen MR) is 86.2 cm³/mol. The number of nitrogens with zero attached hydrogens (tertiary/aromatic N) is 2. The highest BCUT2D eigenvalue weighted by molar-refractivity contribution is 7.85. The predicted octanol–water partition coefficient (Wildman–Crippen LogP) is 2.12. The zero-order chi connectivity index (χ0) is 17.0. The van der Waals surface area contributed by atoms with Gasteiger partial charge in [0.25, 0.3) is 0 Å². The molecule has 1 aromatic rings. The topological polar surface area (TPSA) is 94.4 Å². The summed E-state index contributed by atoms with van der Waals surface area (Å²) in [5.41, 5.74) is 1.38. The minimum atomic E-state index is -3.72. The molecule has 0 saturated heterocycles. The molecule has 1 atom stereocenters. The molecule has 0 saturated carbocycles. The van der Waals surface area contributed by atoms with Crippen LogP contribution in [0.2, 0.25) is 5.02 Å². The Balaban J connectivity index is 2.32. The number of carbonyl (C=O) groups is 1. The molecule has 0 radical (unpaired) electrons. The minimum Gasteiger partial charge on any atom is -0.465 e. The van der Waals surface area contributed by atoms with Gasteiger partial charge in [0.2, 0.25) is 0 Å². The molecule has 0 N–H and O–H groups in total. The van der Waals surface area contributed by atoms with E-state index in [1.807, 2.05) is 0 Å². The van der Waals surface area contributed by atoms with Crippen molar-refractivity contribution in [2.45, 2.75) is 18.9 Å². The Morgan fingerprint density at radius 3 is 2.57 bits per heavy atom. The monoisotopic (exact) mass is 358 g/mol. The van der Waals surface area contributed by atoms with Crippen LogP contribution in [0, 0.1) is 0 Å². The normalized spacial score (nSPS) is 20.0. The van der Waals surface area contributed by atoms with E-state index in [1.54, 1.807) is 24.3 Å². The number of hydrogen-bond donors (Lipinski definition) is 0. The maximum Gasteiger partial charge on any atom is 0.352 e. The minimum absolute atomic E-state index is 0.0757. The third-order valence-corrected chi connectivity index (χ3v) is 3.69. The first-order valence-corrected chi connectivity index (χ1v) is 8.83. The Morgan fingerprint density at radius 1 is 1.35 bits per heavy atom. The van der Waals surface area contributed by atoms with Gasteiger partial charge in [-0.3, -0.25) is 9.28 Å². The number of benzene rings is 1. The first-order chi connectivity index (χ1) is 10.8. The van der Waals surface area contributed by atoms with Crippen LogP contribution in [0.3, 0.4) is 0 Å². The molecule has 1 aliphatic rings. The van der Waals surface area contributed by atoms with E-state index in [0.717, 1.165) is 11.8 Å². The molecule has 0 aromatic heterocycles. The molecule has 1 aromatic carbocycles. The Labute approximate surface area is 139 Å². The quantitative estimate of drug-likeness (QED) is 0.607. The van der Waals surface area contributed by atoms with Crippen molar-refractivity contribution in [3.63, 3.8) is 0 Å². The lowest BCUT2D eigenvalue weighted by molar-refractivity contribution is -0.132. The maximum absolute atomic E-state index is 11.8. The van der Waals surface area contributed by atoms with E-state index in [9.17, 15) is 13.2 Å². The van der Waals surface area contributed by atoms with E-state index < -0.39 is 22.1 Å². The van der Waals surface area contributed by atoms with Crippen LogP contribution in [0.25, 0.3) is 0 Å². The summed E-state index contributed by atoms with van der Waals surface area (Å²) in [4.78, 5) is 16.1. The molecule has 0 fully saturated rings. The van der Waals surface area contributed by atoms with Crippen LogP contribution < -0.4 is 0 Å². The van der Waals surface area contributed by atoms with E-state index >= 15 is 0 Å². The van der Waals surface area contributed by atoms with E-state index in [2.05, 4.69) is 19.2 Å².